The Morgan fingerprint density at radius 2 is 1.87 bits per heavy atom. The Labute approximate surface area is 95.0 Å². The van der Waals surface area contributed by atoms with E-state index < -0.39 is 6.64 Å². The first-order chi connectivity index (χ1) is 7.18. The maximum atomic E-state index is 5.57. The van der Waals surface area contributed by atoms with Crippen LogP contribution in [-0.4, -0.2) is 13.2 Å². The molecule has 0 aromatic heterocycles. The molecule has 3 nitrogen and oxygen atoms in total. The third-order valence-electron chi connectivity index (χ3n) is 2.10. The van der Waals surface area contributed by atoms with Crippen molar-refractivity contribution < 1.29 is 9.05 Å². The fourth-order valence-electron chi connectivity index (χ4n) is 1.27. The predicted molar refractivity (Wildman–Crippen MR) is 65.4 cm³/mol. The summed E-state index contributed by atoms with van der Waals surface area (Å²) in [6, 6.07) is 9.79. The summed E-state index contributed by atoms with van der Waals surface area (Å²) in [6.07, 6.45) is 0. The molecule has 1 fully saturated rings. The van der Waals surface area contributed by atoms with E-state index in [-0.39, 0.29) is 0 Å². The lowest BCUT2D eigenvalue weighted by atomic mass is 10.2. The number of para-hydroxylation sites is 1. The zero-order valence-corrected chi connectivity index (χ0v) is 10.3. The number of rotatable bonds is 2. The monoisotopic (exact) mass is 243 g/mol. The van der Waals surface area contributed by atoms with Crippen molar-refractivity contribution in [3.05, 3.63) is 30.3 Å². The molecule has 1 heterocycles. The van der Waals surface area contributed by atoms with Gasteiger partial charge in [-0.05, 0) is 23.9 Å². The van der Waals surface area contributed by atoms with Crippen molar-refractivity contribution in [2.45, 2.75) is 6.92 Å². The molecule has 1 aromatic carbocycles. The van der Waals surface area contributed by atoms with Gasteiger partial charge >= 0.3 is 0 Å². The molecular formula is C10H14NO2PS. The largest absolute Gasteiger partial charge is 0.316 e. The van der Waals surface area contributed by atoms with Crippen molar-refractivity contribution in [1.82, 2.24) is 0 Å². The summed E-state index contributed by atoms with van der Waals surface area (Å²) in [5.41, 5.74) is 0.954. The van der Waals surface area contributed by atoms with E-state index >= 15 is 0 Å². The Morgan fingerprint density at radius 3 is 2.47 bits per heavy atom. The van der Waals surface area contributed by atoms with E-state index in [1.165, 1.54) is 0 Å². The van der Waals surface area contributed by atoms with Gasteiger partial charge in [-0.3, -0.25) is 0 Å². The summed E-state index contributed by atoms with van der Waals surface area (Å²) in [6.45, 7) is 1.15. The highest BCUT2D eigenvalue weighted by Crippen LogP contribution is 2.51. The molecule has 0 atom stereocenters. The normalized spacial score (nSPS) is 31.1. The Bertz CT molecular complexity index is 359. The summed E-state index contributed by atoms with van der Waals surface area (Å²) < 4.78 is 11.1. The van der Waals surface area contributed by atoms with Crippen LogP contribution >= 0.6 is 6.64 Å². The van der Waals surface area contributed by atoms with Gasteiger partial charge in [0.1, 0.15) is 0 Å². The van der Waals surface area contributed by atoms with E-state index in [4.69, 9.17) is 20.9 Å². The smallest absolute Gasteiger partial charge is 0.287 e. The third kappa shape index (κ3) is 3.02. The Morgan fingerprint density at radius 1 is 1.27 bits per heavy atom. The fraction of sp³-hybridized carbons (Fsp3) is 0.400. The van der Waals surface area contributed by atoms with Crippen LogP contribution in [-0.2, 0) is 20.9 Å². The average Bonchev–Trinajstić information content (AvgIpc) is 2.24. The first kappa shape index (κ1) is 11.1. The molecule has 0 amide bonds. The van der Waals surface area contributed by atoms with E-state index in [2.05, 4.69) is 12.0 Å². The van der Waals surface area contributed by atoms with E-state index in [0.717, 1.165) is 5.69 Å². The molecule has 1 aliphatic rings. The molecule has 1 aromatic rings. The Kier molecular flexibility index (Phi) is 3.42. The van der Waals surface area contributed by atoms with E-state index in [1.54, 1.807) is 0 Å². The molecule has 0 saturated carbocycles. The average molecular weight is 243 g/mol. The molecule has 0 aliphatic carbocycles. The van der Waals surface area contributed by atoms with Gasteiger partial charge in [0.25, 0.3) is 6.64 Å². The molecule has 1 aliphatic heterocycles. The van der Waals surface area contributed by atoms with Gasteiger partial charge in [0.2, 0.25) is 0 Å². The lowest BCUT2D eigenvalue weighted by Gasteiger charge is -2.30. The SMILES string of the molecule is CC1COP(=S)(Nc2ccccc2)OC1. The van der Waals surface area contributed by atoms with Crippen LogP contribution in [0.3, 0.4) is 0 Å². The van der Waals surface area contributed by atoms with Crippen LogP contribution in [0, 0.1) is 5.92 Å². The molecule has 5 heteroatoms. The van der Waals surface area contributed by atoms with Gasteiger partial charge in [-0.2, -0.15) is 0 Å². The fourth-order valence-corrected chi connectivity index (χ4v) is 3.52. The van der Waals surface area contributed by atoms with Crippen molar-refractivity contribution in [1.29, 1.82) is 0 Å². The van der Waals surface area contributed by atoms with Gasteiger partial charge < -0.3 is 14.1 Å². The minimum atomic E-state index is -2.29. The second kappa shape index (κ2) is 4.62. The zero-order valence-electron chi connectivity index (χ0n) is 8.55. The van der Waals surface area contributed by atoms with E-state index in [9.17, 15) is 0 Å². The number of benzene rings is 1. The topological polar surface area (TPSA) is 30.5 Å². The van der Waals surface area contributed by atoms with Crippen LogP contribution in [0.2, 0.25) is 0 Å². The maximum absolute atomic E-state index is 5.57. The van der Waals surface area contributed by atoms with Gasteiger partial charge in [0.15, 0.2) is 0 Å². The molecule has 0 radical (unpaired) electrons. The summed E-state index contributed by atoms with van der Waals surface area (Å²) >= 11 is 5.34. The molecule has 82 valence electrons. The molecule has 1 N–H and O–H groups in total. The highest BCUT2D eigenvalue weighted by molar-refractivity contribution is 8.10. The number of hydrogen-bond acceptors (Lipinski definition) is 3. The van der Waals surface area contributed by atoms with E-state index in [1.807, 2.05) is 30.3 Å². The summed E-state index contributed by atoms with van der Waals surface area (Å²) in [5.74, 6) is 0.429. The summed E-state index contributed by atoms with van der Waals surface area (Å²) in [5, 5.41) is 3.16. The van der Waals surface area contributed by atoms with Crippen LogP contribution in [0.25, 0.3) is 0 Å². The number of anilines is 1. The molecular weight excluding hydrogens is 229 g/mol. The summed E-state index contributed by atoms with van der Waals surface area (Å²) in [7, 11) is 0. The first-order valence-electron chi connectivity index (χ1n) is 4.90. The number of hydrogen-bond donors (Lipinski definition) is 1. The lowest BCUT2D eigenvalue weighted by Crippen LogP contribution is -2.20. The van der Waals surface area contributed by atoms with Crippen LogP contribution in [0.4, 0.5) is 5.69 Å². The highest BCUT2D eigenvalue weighted by atomic mass is 32.5. The predicted octanol–water partition coefficient (Wildman–Crippen LogP) is 3.01. The maximum Gasteiger partial charge on any atom is 0.287 e. The molecule has 0 unspecified atom stereocenters. The van der Waals surface area contributed by atoms with Crippen molar-refractivity contribution in [3.8, 4) is 0 Å². The molecule has 0 spiro atoms. The first-order valence-corrected chi connectivity index (χ1v) is 7.54. The third-order valence-corrected chi connectivity index (χ3v) is 4.51. The molecule has 2 rings (SSSR count). The van der Waals surface area contributed by atoms with Crippen LogP contribution in [0.1, 0.15) is 6.92 Å². The van der Waals surface area contributed by atoms with Crippen molar-refractivity contribution in [2.75, 3.05) is 18.3 Å². The molecule has 1 saturated heterocycles. The van der Waals surface area contributed by atoms with Crippen molar-refractivity contribution >= 4 is 24.1 Å². The molecule has 0 bridgehead atoms. The molecule has 15 heavy (non-hydrogen) atoms. The van der Waals surface area contributed by atoms with Gasteiger partial charge in [0, 0.05) is 11.6 Å². The minimum absolute atomic E-state index is 0.429. The van der Waals surface area contributed by atoms with E-state index in [0.29, 0.717) is 19.1 Å². The van der Waals surface area contributed by atoms with Gasteiger partial charge in [0.05, 0.1) is 13.2 Å². The highest BCUT2D eigenvalue weighted by Gasteiger charge is 2.26. The van der Waals surface area contributed by atoms with Gasteiger partial charge in [-0.25, -0.2) is 0 Å². The quantitative estimate of drug-likeness (QED) is 0.809. The summed E-state index contributed by atoms with van der Waals surface area (Å²) in [4.78, 5) is 0. The van der Waals surface area contributed by atoms with Crippen molar-refractivity contribution in [3.63, 3.8) is 0 Å². The van der Waals surface area contributed by atoms with Crippen LogP contribution in [0.5, 0.6) is 0 Å². The number of nitrogens with one attached hydrogen (secondary N) is 1. The second-order valence-electron chi connectivity index (χ2n) is 3.67. The Hall–Kier alpha value is -0.410. The Balaban J connectivity index is 2.03. The van der Waals surface area contributed by atoms with Gasteiger partial charge in [-0.15, -0.1) is 0 Å². The standard InChI is InChI=1S/C10H14NO2PS/c1-9-7-12-14(15,13-8-9)11-10-5-3-2-4-6-10/h2-6,9H,7-8H2,1H3,(H,11,15). The minimum Gasteiger partial charge on any atom is -0.316 e. The van der Waals surface area contributed by atoms with Crippen LogP contribution in [0.15, 0.2) is 30.3 Å². The second-order valence-corrected chi connectivity index (χ2v) is 6.85. The van der Waals surface area contributed by atoms with Crippen LogP contribution < -0.4 is 5.09 Å². The zero-order chi connectivity index (χ0) is 10.7. The van der Waals surface area contributed by atoms with Gasteiger partial charge in [-0.1, -0.05) is 25.1 Å². The van der Waals surface area contributed by atoms with Crippen molar-refractivity contribution in [2.24, 2.45) is 5.92 Å². The lowest BCUT2D eigenvalue weighted by molar-refractivity contribution is 0.130.